The third-order valence-electron chi connectivity index (χ3n) is 5.80. The molecular weight excluding hydrogens is 330 g/mol. The summed E-state index contributed by atoms with van der Waals surface area (Å²) in [7, 11) is 0. The number of rotatable bonds is 1. The molecule has 0 radical (unpaired) electrons. The lowest BCUT2D eigenvalue weighted by Gasteiger charge is -2.49. The molecule has 2 atom stereocenters. The highest BCUT2D eigenvalue weighted by Gasteiger charge is 2.51. The van der Waals surface area contributed by atoms with Crippen molar-refractivity contribution in [3.63, 3.8) is 0 Å². The molecule has 3 nitrogen and oxygen atoms in total. The maximum Gasteiger partial charge on any atom is 0.135 e. The predicted molar refractivity (Wildman–Crippen MR) is 106 cm³/mol. The van der Waals surface area contributed by atoms with Gasteiger partial charge in [-0.05, 0) is 38.0 Å². The van der Waals surface area contributed by atoms with Crippen molar-refractivity contribution in [3.05, 3.63) is 65.7 Å². The van der Waals surface area contributed by atoms with E-state index >= 15 is 0 Å². The van der Waals surface area contributed by atoms with Gasteiger partial charge in [0.25, 0.3) is 0 Å². The number of aliphatic imine (C=N–C) groups is 1. The van der Waals surface area contributed by atoms with Gasteiger partial charge in [0.1, 0.15) is 12.0 Å². The standard InChI is InChI=1S/C21H23N3.ClH/c1-21(2)14-22-19-17-10-6-7-11-18(17)23-13-12-16(20(23)24(19)21)15-8-4-3-5-9-15;/h3-11,16,20H,12-14H2,1-2H3;1H. The van der Waals surface area contributed by atoms with Gasteiger partial charge in [0.15, 0.2) is 0 Å². The van der Waals surface area contributed by atoms with Gasteiger partial charge in [-0.15, -0.1) is 12.4 Å². The van der Waals surface area contributed by atoms with Crippen LogP contribution >= 0.6 is 12.4 Å². The first-order valence-electron chi connectivity index (χ1n) is 8.92. The fourth-order valence-corrected chi connectivity index (χ4v) is 4.72. The van der Waals surface area contributed by atoms with E-state index in [2.05, 4.69) is 78.2 Å². The van der Waals surface area contributed by atoms with Crippen molar-refractivity contribution in [2.24, 2.45) is 4.99 Å². The minimum absolute atomic E-state index is 0. The minimum atomic E-state index is 0. The zero-order chi connectivity index (χ0) is 16.3. The second kappa shape index (κ2) is 5.77. The van der Waals surface area contributed by atoms with Crippen LogP contribution in [0, 0.1) is 0 Å². The SMILES string of the molecule is CC1(C)CN=C2c3ccccc3N3CCC(c4ccccc4)C3N21.Cl. The quantitative estimate of drug-likeness (QED) is 0.761. The van der Waals surface area contributed by atoms with Crippen LogP contribution in [-0.4, -0.2) is 35.5 Å². The summed E-state index contributed by atoms with van der Waals surface area (Å²) in [6.45, 7) is 6.65. The molecule has 4 heteroatoms. The summed E-state index contributed by atoms with van der Waals surface area (Å²) in [5, 5.41) is 0. The molecule has 0 N–H and O–H groups in total. The van der Waals surface area contributed by atoms with Gasteiger partial charge in [-0.25, -0.2) is 0 Å². The molecule has 1 fully saturated rings. The van der Waals surface area contributed by atoms with E-state index in [1.807, 2.05) is 0 Å². The molecule has 3 heterocycles. The minimum Gasteiger partial charge on any atom is -0.350 e. The van der Waals surface area contributed by atoms with Crippen molar-refractivity contribution in [2.45, 2.75) is 37.9 Å². The van der Waals surface area contributed by atoms with E-state index in [1.54, 1.807) is 0 Å². The third-order valence-corrected chi connectivity index (χ3v) is 5.80. The van der Waals surface area contributed by atoms with E-state index in [4.69, 9.17) is 4.99 Å². The average molecular weight is 354 g/mol. The summed E-state index contributed by atoms with van der Waals surface area (Å²) < 4.78 is 0. The van der Waals surface area contributed by atoms with Crippen molar-refractivity contribution in [1.82, 2.24) is 4.90 Å². The van der Waals surface area contributed by atoms with Crippen LogP contribution in [-0.2, 0) is 0 Å². The Kier molecular flexibility index (Phi) is 3.80. The number of hydrogen-bond acceptors (Lipinski definition) is 3. The monoisotopic (exact) mass is 353 g/mol. The molecule has 0 amide bonds. The van der Waals surface area contributed by atoms with Crippen molar-refractivity contribution >= 4 is 23.9 Å². The Labute approximate surface area is 155 Å². The number of fused-ring (bicyclic) bond motifs is 6. The fraction of sp³-hybridized carbons (Fsp3) is 0.381. The highest BCUT2D eigenvalue weighted by Crippen LogP contribution is 2.47. The lowest BCUT2D eigenvalue weighted by atomic mass is 9.90. The number of benzene rings is 2. The van der Waals surface area contributed by atoms with E-state index < -0.39 is 0 Å². The zero-order valence-electron chi connectivity index (χ0n) is 14.7. The molecule has 1 saturated heterocycles. The largest absolute Gasteiger partial charge is 0.350 e. The number of halogens is 1. The van der Waals surface area contributed by atoms with Crippen molar-refractivity contribution in [2.75, 3.05) is 18.0 Å². The Morgan fingerprint density at radius 3 is 2.52 bits per heavy atom. The number of nitrogens with zero attached hydrogens (tertiary/aromatic N) is 3. The molecule has 3 aliphatic rings. The van der Waals surface area contributed by atoms with Crippen LogP contribution < -0.4 is 4.90 Å². The van der Waals surface area contributed by atoms with Gasteiger partial charge in [0.05, 0.1) is 12.1 Å². The Morgan fingerprint density at radius 2 is 1.72 bits per heavy atom. The highest BCUT2D eigenvalue weighted by molar-refractivity contribution is 6.07. The molecule has 0 aliphatic carbocycles. The van der Waals surface area contributed by atoms with Crippen LogP contribution in [0.3, 0.4) is 0 Å². The summed E-state index contributed by atoms with van der Waals surface area (Å²) in [6.07, 6.45) is 1.57. The van der Waals surface area contributed by atoms with Gasteiger partial charge in [-0.3, -0.25) is 4.99 Å². The van der Waals surface area contributed by atoms with Gasteiger partial charge in [-0.2, -0.15) is 0 Å². The van der Waals surface area contributed by atoms with Crippen molar-refractivity contribution in [3.8, 4) is 0 Å². The van der Waals surface area contributed by atoms with Crippen LogP contribution in [0.5, 0.6) is 0 Å². The maximum absolute atomic E-state index is 4.96. The summed E-state index contributed by atoms with van der Waals surface area (Å²) in [6, 6.07) is 19.8. The number of amidine groups is 1. The van der Waals surface area contributed by atoms with Crippen LogP contribution in [0.25, 0.3) is 0 Å². The van der Waals surface area contributed by atoms with E-state index in [9.17, 15) is 0 Å². The second-order valence-corrected chi connectivity index (χ2v) is 7.75. The molecule has 3 aliphatic heterocycles. The van der Waals surface area contributed by atoms with Gasteiger partial charge in [0.2, 0.25) is 0 Å². The molecule has 25 heavy (non-hydrogen) atoms. The first kappa shape index (κ1) is 16.5. The Balaban J connectivity index is 0.00000157. The number of anilines is 1. The van der Waals surface area contributed by atoms with E-state index in [0.29, 0.717) is 12.1 Å². The van der Waals surface area contributed by atoms with Crippen LogP contribution in [0.15, 0.2) is 59.6 Å². The molecule has 2 aromatic carbocycles. The lowest BCUT2D eigenvalue weighted by molar-refractivity contribution is 0.173. The van der Waals surface area contributed by atoms with Gasteiger partial charge >= 0.3 is 0 Å². The van der Waals surface area contributed by atoms with Crippen LogP contribution in [0.1, 0.15) is 37.3 Å². The van der Waals surface area contributed by atoms with Crippen molar-refractivity contribution < 1.29 is 0 Å². The normalized spacial score (nSPS) is 25.6. The summed E-state index contributed by atoms with van der Waals surface area (Å²) in [5.74, 6) is 1.72. The Hall–Kier alpha value is -2.00. The highest BCUT2D eigenvalue weighted by atomic mass is 35.5. The van der Waals surface area contributed by atoms with Crippen LogP contribution in [0.4, 0.5) is 5.69 Å². The average Bonchev–Trinajstić information content (AvgIpc) is 3.17. The van der Waals surface area contributed by atoms with Crippen LogP contribution in [0.2, 0.25) is 0 Å². The summed E-state index contributed by atoms with van der Waals surface area (Å²) in [4.78, 5) is 10.2. The summed E-state index contributed by atoms with van der Waals surface area (Å²) >= 11 is 0. The van der Waals surface area contributed by atoms with E-state index in [-0.39, 0.29) is 17.9 Å². The third kappa shape index (κ3) is 2.29. The number of para-hydroxylation sites is 1. The lowest BCUT2D eigenvalue weighted by Crippen LogP contribution is -2.60. The molecule has 0 bridgehead atoms. The Bertz CT molecular complexity index is 815. The first-order valence-corrected chi connectivity index (χ1v) is 8.92. The molecule has 0 spiro atoms. The van der Waals surface area contributed by atoms with Crippen molar-refractivity contribution in [1.29, 1.82) is 0 Å². The topological polar surface area (TPSA) is 18.8 Å². The molecule has 130 valence electrons. The van der Waals surface area contributed by atoms with E-state index in [1.165, 1.54) is 29.1 Å². The first-order chi connectivity index (χ1) is 11.7. The van der Waals surface area contributed by atoms with Gasteiger partial charge in [0, 0.05) is 23.7 Å². The Morgan fingerprint density at radius 1 is 1.00 bits per heavy atom. The summed E-state index contributed by atoms with van der Waals surface area (Å²) in [5.41, 5.74) is 4.18. The predicted octanol–water partition coefficient (Wildman–Crippen LogP) is 4.28. The van der Waals surface area contributed by atoms with Gasteiger partial charge in [-0.1, -0.05) is 42.5 Å². The molecule has 0 saturated carbocycles. The maximum atomic E-state index is 4.96. The smallest absolute Gasteiger partial charge is 0.135 e. The number of hydrogen-bond donors (Lipinski definition) is 0. The molecule has 2 unspecified atom stereocenters. The molecular formula is C21H24ClN3. The van der Waals surface area contributed by atoms with E-state index in [0.717, 1.165) is 13.1 Å². The molecule has 5 rings (SSSR count). The fourth-order valence-electron chi connectivity index (χ4n) is 4.72. The second-order valence-electron chi connectivity index (χ2n) is 7.75. The zero-order valence-corrected chi connectivity index (χ0v) is 15.5. The molecule has 0 aromatic heterocycles. The van der Waals surface area contributed by atoms with Gasteiger partial charge < -0.3 is 9.80 Å². The molecule has 2 aromatic rings.